The number of aliphatic hydroxyl groups is 1. The third kappa shape index (κ3) is 11.2. The Balaban J connectivity index is 1.53. The maximum absolute atomic E-state index is 12.2. The summed E-state index contributed by atoms with van der Waals surface area (Å²) < 4.78 is 10.8. The summed E-state index contributed by atoms with van der Waals surface area (Å²) in [6, 6.07) is 6.99. The van der Waals surface area contributed by atoms with Gasteiger partial charge in [0.05, 0.1) is 24.9 Å². The van der Waals surface area contributed by atoms with Crippen LogP contribution in [0.25, 0.3) is 0 Å². The monoisotopic (exact) mass is 608 g/mol. The fourth-order valence-corrected chi connectivity index (χ4v) is 7.41. The summed E-state index contributed by atoms with van der Waals surface area (Å²) in [5.41, 5.74) is 4.59. The molecule has 1 aromatic rings. The van der Waals surface area contributed by atoms with Crippen LogP contribution in [-0.4, -0.2) is 36.4 Å². The molecule has 1 N–H and O–H groups in total. The molecule has 1 aromatic carbocycles. The van der Waals surface area contributed by atoms with E-state index in [1.54, 1.807) is 6.92 Å². The predicted molar refractivity (Wildman–Crippen MR) is 179 cm³/mol. The van der Waals surface area contributed by atoms with Crippen molar-refractivity contribution in [3.63, 3.8) is 0 Å². The van der Waals surface area contributed by atoms with E-state index in [1.807, 2.05) is 0 Å². The summed E-state index contributed by atoms with van der Waals surface area (Å²) in [6.07, 6.45) is 18.4. The van der Waals surface area contributed by atoms with Gasteiger partial charge < -0.3 is 14.6 Å². The molecule has 2 aliphatic carbocycles. The number of benzene rings is 1. The van der Waals surface area contributed by atoms with Gasteiger partial charge in [0, 0.05) is 11.5 Å². The van der Waals surface area contributed by atoms with E-state index in [2.05, 4.69) is 45.2 Å². The number of aryl methyl sites for hydroxylation is 2. The molecule has 5 heteroatoms. The second-order valence-corrected chi connectivity index (χ2v) is 13.9. The predicted octanol–water partition coefficient (Wildman–Crippen LogP) is 9.06. The van der Waals surface area contributed by atoms with Crippen molar-refractivity contribution in [1.82, 2.24) is 0 Å². The smallest absolute Gasteiger partial charge is 0.336 e. The maximum Gasteiger partial charge on any atom is 0.336 e. The molecule has 2 unspecified atom stereocenters. The molecule has 0 saturated heterocycles. The molecule has 0 aromatic heterocycles. The Kier molecular flexibility index (Phi) is 15.2. The van der Waals surface area contributed by atoms with Gasteiger partial charge >= 0.3 is 11.9 Å². The molecule has 2 aliphatic rings. The Labute approximate surface area is 267 Å². The quantitative estimate of drug-likeness (QED) is 0.109. The number of rotatable bonds is 17. The van der Waals surface area contributed by atoms with Crippen molar-refractivity contribution in [2.75, 3.05) is 13.2 Å². The SMILES string of the molecule is C=C(C)C(=O)OCC(CCc1ccc(C2CCC(C3CCC(CCCCC)CC3)CC2)c(CC)c1)COC(=O)C(=C)C(C)O. The molecule has 0 aliphatic heterocycles. The normalized spacial score (nSPS) is 23.4. The van der Waals surface area contributed by atoms with Gasteiger partial charge in [-0.1, -0.05) is 83.7 Å². The molecule has 2 saturated carbocycles. The van der Waals surface area contributed by atoms with E-state index >= 15 is 0 Å². The lowest BCUT2D eigenvalue weighted by atomic mass is 9.67. The molecule has 0 amide bonds. The fraction of sp³-hybridized carbons (Fsp3) is 0.692. The molecule has 246 valence electrons. The highest BCUT2D eigenvalue weighted by atomic mass is 16.5. The van der Waals surface area contributed by atoms with E-state index in [-0.39, 0.29) is 24.7 Å². The summed E-state index contributed by atoms with van der Waals surface area (Å²) in [4.78, 5) is 24.3. The topological polar surface area (TPSA) is 72.8 Å². The zero-order valence-electron chi connectivity index (χ0n) is 28.2. The molecule has 0 bridgehead atoms. The van der Waals surface area contributed by atoms with Crippen molar-refractivity contribution < 1.29 is 24.2 Å². The number of aliphatic hydroxyl groups excluding tert-OH is 1. The highest BCUT2D eigenvalue weighted by Crippen LogP contribution is 2.45. The van der Waals surface area contributed by atoms with Crippen LogP contribution in [0, 0.1) is 23.7 Å². The lowest BCUT2D eigenvalue weighted by Gasteiger charge is -2.38. The summed E-state index contributed by atoms with van der Waals surface area (Å²) in [7, 11) is 0. The van der Waals surface area contributed by atoms with Crippen molar-refractivity contribution in [3.8, 4) is 0 Å². The minimum atomic E-state index is -0.969. The Bertz CT molecular complexity index is 1070. The minimum absolute atomic E-state index is 0.0186. The van der Waals surface area contributed by atoms with E-state index in [1.165, 1.54) is 101 Å². The zero-order valence-corrected chi connectivity index (χ0v) is 28.2. The number of unbranched alkanes of at least 4 members (excludes halogenated alkanes) is 2. The van der Waals surface area contributed by atoms with Gasteiger partial charge in [-0.25, -0.2) is 9.59 Å². The van der Waals surface area contributed by atoms with Gasteiger partial charge in [-0.05, 0) is 112 Å². The maximum atomic E-state index is 12.2. The average molecular weight is 609 g/mol. The summed E-state index contributed by atoms with van der Waals surface area (Å²) >= 11 is 0. The van der Waals surface area contributed by atoms with Gasteiger partial charge in [0.25, 0.3) is 0 Å². The molecular formula is C39H60O5. The number of carbonyl (C=O) groups is 2. The highest BCUT2D eigenvalue weighted by molar-refractivity contribution is 5.88. The van der Waals surface area contributed by atoms with Crippen LogP contribution in [0.4, 0.5) is 0 Å². The van der Waals surface area contributed by atoms with E-state index in [4.69, 9.17) is 9.47 Å². The van der Waals surface area contributed by atoms with Crippen LogP contribution >= 0.6 is 0 Å². The summed E-state index contributed by atoms with van der Waals surface area (Å²) in [5.74, 6) is 2.29. The first-order valence-corrected chi connectivity index (χ1v) is 17.6. The van der Waals surface area contributed by atoms with E-state index in [0.29, 0.717) is 17.9 Å². The van der Waals surface area contributed by atoms with Gasteiger partial charge in [0.15, 0.2) is 0 Å². The molecule has 5 nitrogen and oxygen atoms in total. The lowest BCUT2D eigenvalue weighted by molar-refractivity contribution is -0.144. The zero-order chi connectivity index (χ0) is 32.1. The third-order valence-corrected chi connectivity index (χ3v) is 10.4. The van der Waals surface area contributed by atoms with E-state index in [9.17, 15) is 14.7 Å². The van der Waals surface area contributed by atoms with Gasteiger partial charge in [-0.15, -0.1) is 0 Å². The second kappa shape index (κ2) is 18.5. The third-order valence-electron chi connectivity index (χ3n) is 10.4. The second-order valence-electron chi connectivity index (χ2n) is 13.9. The Morgan fingerprint density at radius 2 is 1.52 bits per heavy atom. The van der Waals surface area contributed by atoms with E-state index in [0.717, 1.165) is 30.6 Å². The van der Waals surface area contributed by atoms with Crippen molar-refractivity contribution in [2.24, 2.45) is 23.7 Å². The van der Waals surface area contributed by atoms with Crippen LogP contribution in [0.15, 0.2) is 42.5 Å². The molecule has 0 heterocycles. The van der Waals surface area contributed by atoms with Crippen molar-refractivity contribution in [1.29, 1.82) is 0 Å². The Morgan fingerprint density at radius 3 is 2.09 bits per heavy atom. The van der Waals surface area contributed by atoms with Crippen LogP contribution in [0.5, 0.6) is 0 Å². The molecule has 3 rings (SSSR count). The first-order valence-electron chi connectivity index (χ1n) is 17.6. The van der Waals surface area contributed by atoms with Gasteiger partial charge in [0.2, 0.25) is 0 Å². The first-order chi connectivity index (χ1) is 21.1. The molecule has 0 spiro atoms. The summed E-state index contributed by atoms with van der Waals surface area (Å²) in [6.45, 7) is 15.2. The number of ether oxygens (including phenoxy) is 2. The number of carbonyl (C=O) groups excluding carboxylic acids is 2. The lowest BCUT2D eigenvalue weighted by Crippen LogP contribution is -2.25. The number of hydrogen-bond donors (Lipinski definition) is 1. The first kappa shape index (κ1) is 36.1. The van der Waals surface area contributed by atoms with Gasteiger partial charge in [0.1, 0.15) is 0 Å². The summed E-state index contributed by atoms with van der Waals surface area (Å²) in [5, 5.41) is 9.64. The molecule has 44 heavy (non-hydrogen) atoms. The van der Waals surface area contributed by atoms with Crippen molar-refractivity contribution >= 4 is 11.9 Å². The van der Waals surface area contributed by atoms with Crippen LogP contribution in [0.2, 0.25) is 0 Å². The van der Waals surface area contributed by atoms with Crippen LogP contribution in [0.3, 0.4) is 0 Å². The fourth-order valence-electron chi connectivity index (χ4n) is 7.41. The minimum Gasteiger partial charge on any atom is -0.462 e. The highest BCUT2D eigenvalue weighted by Gasteiger charge is 2.31. The van der Waals surface area contributed by atoms with Crippen LogP contribution in [-0.2, 0) is 31.9 Å². The van der Waals surface area contributed by atoms with Crippen LogP contribution in [0.1, 0.15) is 134 Å². The Hall–Kier alpha value is -2.40. The van der Waals surface area contributed by atoms with Crippen LogP contribution < -0.4 is 0 Å². The largest absolute Gasteiger partial charge is 0.462 e. The van der Waals surface area contributed by atoms with Crippen molar-refractivity contribution in [2.45, 2.75) is 136 Å². The molecule has 2 atom stereocenters. The molecule has 2 fully saturated rings. The van der Waals surface area contributed by atoms with Crippen molar-refractivity contribution in [3.05, 3.63) is 59.2 Å². The van der Waals surface area contributed by atoms with Gasteiger partial charge in [-0.3, -0.25) is 0 Å². The van der Waals surface area contributed by atoms with Gasteiger partial charge in [-0.2, -0.15) is 0 Å². The molecule has 0 radical (unpaired) electrons. The molecular weight excluding hydrogens is 548 g/mol. The Morgan fingerprint density at radius 1 is 0.909 bits per heavy atom. The standard InChI is InChI=1S/C39H60O5/c1-7-9-10-11-30-14-17-34(18-15-30)35-19-21-36(22-20-35)37-23-16-31(24-33(37)8-2)12-13-32(25-43-38(41)27(3)4)26-44-39(42)28(5)29(6)40/h16,23-24,29-30,32,34-36,40H,3,5,7-15,17-22,25-26H2,1-2,4,6H3. The number of esters is 2. The number of hydrogen-bond acceptors (Lipinski definition) is 5. The average Bonchev–Trinajstić information content (AvgIpc) is 3.04. The van der Waals surface area contributed by atoms with E-state index < -0.39 is 18.0 Å².